The van der Waals surface area contributed by atoms with Crippen LogP contribution in [0.15, 0.2) is 29.3 Å². The number of carbonyl (C=O) groups is 1. The first-order valence-corrected chi connectivity index (χ1v) is 10.4. The molecule has 0 aliphatic carbocycles. The second kappa shape index (κ2) is 11.0. The monoisotopic (exact) mass is 404 g/mol. The molecule has 2 unspecified atom stereocenters. The predicted octanol–water partition coefficient (Wildman–Crippen LogP) is 2.45. The van der Waals surface area contributed by atoms with Crippen molar-refractivity contribution in [1.82, 2.24) is 10.6 Å². The molecule has 1 aliphatic rings. The number of nitrogens with one attached hydrogen (secondary N) is 2. The minimum atomic E-state index is -0.493. The Kier molecular flexibility index (Phi) is 8.76. The Balaban J connectivity index is 1.97. The van der Waals surface area contributed by atoms with Crippen LogP contribution in [0.5, 0.6) is 5.75 Å². The van der Waals surface area contributed by atoms with E-state index in [0.717, 1.165) is 44.1 Å². The summed E-state index contributed by atoms with van der Waals surface area (Å²) >= 11 is 0. The molecular weight excluding hydrogens is 368 g/mol. The number of amides is 1. The van der Waals surface area contributed by atoms with Gasteiger partial charge in [0.25, 0.3) is 5.91 Å². The molecule has 1 amide bonds. The summed E-state index contributed by atoms with van der Waals surface area (Å²) < 4.78 is 11.4. The molecule has 1 aliphatic heterocycles. The average Bonchev–Trinajstić information content (AvgIpc) is 2.68. The van der Waals surface area contributed by atoms with E-state index in [4.69, 9.17) is 20.2 Å². The van der Waals surface area contributed by atoms with Crippen LogP contribution in [0, 0.1) is 11.3 Å². The number of hydrogen-bond donors (Lipinski definition) is 3. The zero-order valence-corrected chi connectivity index (χ0v) is 18.2. The number of hydrogen-bond acceptors (Lipinski definition) is 4. The number of guanidine groups is 1. The zero-order chi connectivity index (χ0) is 21.3. The third-order valence-corrected chi connectivity index (χ3v) is 4.87. The van der Waals surface area contributed by atoms with E-state index in [9.17, 15) is 4.79 Å². The average molecular weight is 405 g/mol. The van der Waals surface area contributed by atoms with Gasteiger partial charge in [0.05, 0.1) is 12.6 Å². The Labute approximate surface area is 174 Å². The van der Waals surface area contributed by atoms with E-state index < -0.39 is 5.91 Å². The van der Waals surface area contributed by atoms with E-state index >= 15 is 0 Å². The Morgan fingerprint density at radius 2 is 2.14 bits per heavy atom. The molecule has 7 heteroatoms. The lowest BCUT2D eigenvalue weighted by atomic mass is 9.78. The van der Waals surface area contributed by atoms with E-state index in [1.807, 2.05) is 18.2 Å². The summed E-state index contributed by atoms with van der Waals surface area (Å²) in [5.41, 5.74) is 6.25. The number of ether oxygens (including phenoxy) is 2. The number of carbonyl (C=O) groups excluding carboxylic acids is 1. The minimum Gasteiger partial charge on any atom is -0.484 e. The molecule has 1 aromatic rings. The molecular formula is C22H36N4O3. The topological polar surface area (TPSA) is 98.0 Å². The molecule has 2 atom stereocenters. The zero-order valence-electron chi connectivity index (χ0n) is 18.2. The van der Waals surface area contributed by atoms with E-state index in [0.29, 0.717) is 18.2 Å². The van der Waals surface area contributed by atoms with Gasteiger partial charge in [-0.25, -0.2) is 4.99 Å². The van der Waals surface area contributed by atoms with Crippen molar-refractivity contribution in [2.45, 2.75) is 53.2 Å². The Hall–Kier alpha value is -2.28. The molecule has 1 aromatic carbocycles. The molecule has 0 spiro atoms. The molecule has 162 valence electrons. The van der Waals surface area contributed by atoms with E-state index in [2.05, 4.69) is 38.3 Å². The molecule has 1 saturated heterocycles. The molecule has 2 rings (SSSR count). The van der Waals surface area contributed by atoms with Crippen molar-refractivity contribution in [1.29, 1.82) is 0 Å². The van der Waals surface area contributed by atoms with Gasteiger partial charge in [-0.05, 0) is 42.9 Å². The molecule has 4 N–H and O–H groups in total. The lowest BCUT2D eigenvalue weighted by Gasteiger charge is -2.40. The highest BCUT2D eigenvalue weighted by Gasteiger charge is 2.35. The largest absolute Gasteiger partial charge is 0.484 e. The van der Waals surface area contributed by atoms with Crippen LogP contribution in [-0.2, 0) is 16.1 Å². The van der Waals surface area contributed by atoms with Gasteiger partial charge in [-0.3, -0.25) is 4.79 Å². The first-order chi connectivity index (χ1) is 13.8. The number of nitrogens with zero attached hydrogens (tertiary/aromatic N) is 1. The van der Waals surface area contributed by atoms with Crippen LogP contribution in [0.3, 0.4) is 0 Å². The van der Waals surface area contributed by atoms with Crippen molar-refractivity contribution >= 4 is 11.9 Å². The highest BCUT2D eigenvalue weighted by molar-refractivity contribution is 5.79. The van der Waals surface area contributed by atoms with Gasteiger partial charge in [0, 0.05) is 25.6 Å². The maximum Gasteiger partial charge on any atom is 0.255 e. The highest BCUT2D eigenvalue weighted by Crippen LogP contribution is 2.33. The molecule has 1 fully saturated rings. The molecule has 29 heavy (non-hydrogen) atoms. The summed E-state index contributed by atoms with van der Waals surface area (Å²) in [5.74, 6) is 1.36. The SMILES string of the molecule is CCNC(=NCc1cccc(OCC(N)=O)c1)NCC1CCCOC1C(C)(C)C. The Bertz CT molecular complexity index is 685. The molecule has 0 saturated carbocycles. The smallest absolute Gasteiger partial charge is 0.255 e. The number of benzene rings is 1. The number of aliphatic imine (C=N–C) groups is 1. The maximum absolute atomic E-state index is 10.9. The van der Waals surface area contributed by atoms with Crippen molar-refractivity contribution in [3.8, 4) is 5.75 Å². The quantitative estimate of drug-likeness (QED) is 0.457. The summed E-state index contributed by atoms with van der Waals surface area (Å²) in [6.45, 7) is 11.6. The molecule has 7 nitrogen and oxygen atoms in total. The van der Waals surface area contributed by atoms with Crippen molar-refractivity contribution < 1.29 is 14.3 Å². The fourth-order valence-electron chi connectivity index (χ4n) is 3.64. The first-order valence-electron chi connectivity index (χ1n) is 10.4. The van der Waals surface area contributed by atoms with Crippen LogP contribution in [0.1, 0.15) is 46.1 Å². The van der Waals surface area contributed by atoms with Crippen LogP contribution >= 0.6 is 0 Å². The van der Waals surface area contributed by atoms with Gasteiger partial charge < -0.3 is 25.8 Å². The minimum absolute atomic E-state index is 0.119. The summed E-state index contributed by atoms with van der Waals surface area (Å²) in [4.78, 5) is 15.6. The van der Waals surface area contributed by atoms with Crippen LogP contribution in [0.4, 0.5) is 0 Å². The highest BCUT2D eigenvalue weighted by atomic mass is 16.5. The summed E-state index contributed by atoms with van der Waals surface area (Å²) in [6, 6.07) is 7.54. The van der Waals surface area contributed by atoms with Gasteiger partial charge in [0.2, 0.25) is 0 Å². The van der Waals surface area contributed by atoms with Crippen LogP contribution in [0.25, 0.3) is 0 Å². The summed E-state index contributed by atoms with van der Waals surface area (Å²) in [5, 5.41) is 6.79. The van der Waals surface area contributed by atoms with Gasteiger partial charge in [0.1, 0.15) is 5.75 Å². The van der Waals surface area contributed by atoms with Gasteiger partial charge >= 0.3 is 0 Å². The lowest BCUT2D eigenvalue weighted by molar-refractivity contribution is -0.119. The van der Waals surface area contributed by atoms with Crippen LogP contribution in [0.2, 0.25) is 0 Å². The Morgan fingerprint density at radius 3 is 2.83 bits per heavy atom. The van der Waals surface area contributed by atoms with Crippen molar-refractivity contribution in [3.05, 3.63) is 29.8 Å². The van der Waals surface area contributed by atoms with Crippen molar-refractivity contribution in [3.63, 3.8) is 0 Å². The van der Waals surface area contributed by atoms with Crippen LogP contribution in [-0.4, -0.2) is 44.3 Å². The van der Waals surface area contributed by atoms with E-state index in [1.165, 1.54) is 0 Å². The van der Waals surface area contributed by atoms with E-state index in [-0.39, 0.29) is 18.1 Å². The fourth-order valence-corrected chi connectivity index (χ4v) is 3.64. The normalized spacial score (nSPS) is 20.2. The fraction of sp³-hybridized carbons (Fsp3) is 0.636. The first kappa shape index (κ1) is 23.0. The van der Waals surface area contributed by atoms with Gasteiger partial charge in [0.15, 0.2) is 12.6 Å². The van der Waals surface area contributed by atoms with Crippen molar-refractivity contribution in [2.75, 3.05) is 26.3 Å². The number of nitrogens with two attached hydrogens (primary N) is 1. The molecule has 0 radical (unpaired) electrons. The second-order valence-corrected chi connectivity index (χ2v) is 8.54. The van der Waals surface area contributed by atoms with Gasteiger partial charge in [-0.2, -0.15) is 0 Å². The van der Waals surface area contributed by atoms with Gasteiger partial charge in [-0.1, -0.05) is 32.9 Å². The third-order valence-electron chi connectivity index (χ3n) is 4.87. The summed E-state index contributed by atoms with van der Waals surface area (Å²) in [6.07, 6.45) is 2.50. The number of rotatable bonds is 8. The number of primary amides is 1. The van der Waals surface area contributed by atoms with Crippen molar-refractivity contribution in [2.24, 2.45) is 22.1 Å². The predicted molar refractivity (Wildman–Crippen MR) is 116 cm³/mol. The standard InChI is InChI=1S/C22H36N4O3/c1-5-24-21(26-14-17-9-7-11-28-20(17)22(2,3)4)25-13-16-8-6-10-18(12-16)29-15-19(23)27/h6,8,10,12,17,20H,5,7,9,11,13-15H2,1-4H3,(H2,23,27)(H2,24,25,26). The molecule has 1 heterocycles. The van der Waals surface area contributed by atoms with E-state index in [1.54, 1.807) is 6.07 Å². The second-order valence-electron chi connectivity index (χ2n) is 8.54. The Morgan fingerprint density at radius 1 is 1.34 bits per heavy atom. The third kappa shape index (κ3) is 7.93. The van der Waals surface area contributed by atoms with Crippen LogP contribution < -0.4 is 21.1 Å². The molecule has 0 bridgehead atoms. The molecule has 0 aromatic heterocycles. The maximum atomic E-state index is 10.9. The summed E-state index contributed by atoms with van der Waals surface area (Å²) in [7, 11) is 0. The van der Waals surface area contributed by atoms with Gasteiger partial charge in [-0.15, -0.1) is 0 Å². The lowest BCUT2D eigenvalue weighted by Crippen LogP contribution is -2.47.